The molecule has 0 amide bonds. The van der Waals surface area contributed by atoms with Gasteiger partial charge in [0, 0.05) is 6.42 Å². The molecule has 0 radical (unpaired) electrons. The fourth-order valence-corrected chi connectivity index (χ4v) is 1.83. The van der Waals surface area contributed by atoms with Gasteiger partial charge in [0.2, 0.25) is 5.89 Å². The Balaban J connectivity index is 2.11. The van der Waals surface area contributed by atoms with Crippen LogP contribution in [0.4, 0.5) is 0 Å². The minimum Gasteiger partial charge on any atom is -0.338 e. The summed E-state index contributed by atoms with van der Waals surface area (Å²) in [5, 5.41) is 3.88. The lowest BCUT2D eigenvalue weighted by molar-refractivity contribution is 0.385. The van der Waals surface area contributed by atoms with Crippen LogP contribution in [0.25, 0.3) is 0 Å². The summed E-state index contributed by atoms with van der Waals surface area (Å²) in [5.74, 6) is 1.41. The summed E-state index contributed by atoms with van der Waals surface area (Å²) in [6, 6.07) is 8.52. The molecule has 0 bridgehead atoms. The van der Waals surface area contributed by atoms with Crippen LogP contribution in [0.5, 0.6) is 0 Å². The predicted octanol–water partition coefficient (Wildman–Crippen LogP) is 3.70. The van der Waals surface area contributed by atoms with E-state index in [2.05, 4.69) is 55.2 Å². The molecule has 96 valence electrons. The van der Waals surface area contributed by atoms with Crippen molar-refractivity contribution in [2.75, 3.05) is 0 Å². The van der Waals surface area contributed by atoms with Crippen LogP contribution in [0, 0.1) is 0 Å². The molecule has 0 fully saturated rings. The van der Waals surface area contributed by atoms with Gasteiger partial charge in [0.05, 0.1) is 0 Å². The van der Waals surface area contributed by atoms with E-state index in [9.17, 15) is 0 Å². The van der Waals surface area contributed by atoms with Gasteiger partial charge in [0.15, 0.2) is 5.82 Å². The Morgan fingerprint density at radius 2 is 1.83 bits per heavy atom. The molecule has 0 unspecified atom stereocenters. The molecule has 0 aliphatic rings. The Hall–Kier alpha value is -1.35. The summed E-state index contributed by atoms with van der Waals surface area (Å²) >= 11 is 5.62. The summed E-state index contributed by atoms with van der Waals surface area (Å²) in [6.45, 7) is 6.61. The number of alkyl halides is 1. The van der Waals surface area contributed by atoms with Crippen LogP contribution >= 0.6 is 11.6 Å². The van der Waals surface area contributed by atoms with Crippen molar-refractivity contribution in [3.05, 3.63) is 47.1 Å². The lowest BCUT2D eigenvalue weighted by Crippen LogP contribution is -2.10. The normalized spacial score (nSPS) is 11.8. The monoisotopic (exact) mass is 264 g/mol. The number of hydrogen-bond donors (Lipinski definition) is 0. The Bertz CT molecular complexity index is 511. The predicted molar refractivity (Wildman–Crippen MR) is 71.8 cm³/mol. The van der Waals surface area contributed by atoms with Crippen LogP contribution in [0.1, 0.15) is 43.6 Å². The summed E-state index contributed by atoms with van der Waals surface area (Å²) in [4.78, 5) is 4.19. The SMILES string of the molecule is CC(C)(C)c1ccc(Cc2noc(CCl)n2)cc1. The number of nitrogens with zero attached hydrogens (tertiary/aromatic N) is 2. The number of halogens is 1. The van der Waals surface area contributed by atoms with E-state index in [4.69, 9.17) is 16.1 Å². The first-order valence-corrected chi connectivity index (χ1v) is 6.49. The van der Waals surface area contributed by atoms with E-state index in [0.717, 1.165) is 0 Å². The van der Waals surface area contributed by atoms with E-state index in [0.29, 0.717) is 18.1 Å². The molecule has 0 saturated carbocycles. The number of benzene rings is 1. The van der Waals surface area contributed by atoms with Crippen molar-refractivity contribution < 1.29 is 4.52 Å². The average Bonchev–Trinajstić information content (AvgIpc) is 2.76. The molecule has 0 atom stereocenters. The van der Waals surface area contributed by atoms with Crippen molar-refractivity contribution in [2.45, 2.75) is 38.5 Å². The van der Waals surface area contributed by atoms with Gasteiger partial charge in [-0.1, -0.05) is 50.2 Å². The second-order valence-corrected chi connectivity index (χ2v) is 5.63. The third kappa shape index (κ3) is 3.10. The quantitative estimate of drug-likeness (QED) is 0.794. The summed E-state index contributed by atoms with van der Waals surface area (Å²) < 4.78 is 4.97. The van der Waals surface area contributed by atoms with E-state index in [1.54, 1.807) is 0 Å². The molecular weight excluding hydrogens is 248 g/mol. The molecule has 0 aliphatic heterocycles. The minimum absolute atomic E-state index is 0.177. The zero-order chi connectivity index (χ0) is 13.2. The summed E-state index contributed by atoms with van der Waals surface area (Å²) in [7, 11) is 0. The van der Waals surface area contributed by atoms with Crippen molar-refractivity contribution in [1.29, 1.82) is 0 Å². The number of aromatic nitrogens is 2. The average molecular weight is 265 g/mol. The highest BCUT2D eigenvalue weighted by Gasteiger charge is 2.13. The molecule has 1 heterocycles. The Morgan fingerprint density at radius 1 is 1.17 bits per heavy atom. The van der Waals surface area contributed by atoms with Crippen LogP contribution < -0.4 is 0 Å². The molecule has 0 saturated heterocycles. The highest BCUT2D eigenvalue weighted by atomic mass is 35.5. The maximum atomic E-state index is 5.62. The molecule has 1 aromatic heterocycles. The van der Waals surface area contributed by atoms with Gasteiger partial charge < -0.3 is 4.52 Å². The fraction of sp³-hybridized carbons (Fsp3) is 0.429. The molecule has 0 spiro atoms. The van der Waals surface area contributed by atoms with Crippen LogP contribution in [-0.4, -0.2) is 10.1 Å². The maximum absolute atomic E-state index is 5.62. The molecular formula is C14H17ClN2O. The first-order valence-electron chi connectivity index (χ1n) is 5.96. The van der Waals surface area contributed by atoms with Crippen LogP contribution in [0.3, 0.4) is 0 Å². The molecule has 18 heavy (non-hydrogen) atoms. The molecule has 3 nitrogen and oxygen atoms in total. The lowest BCUT2D eigenvalue weighted by atomic mass is 9.86. The summed E-state index contributed by atoms with van der Waals surface area (Å²) in [5.41, 5.74) is 2.67. The minimum atomic E-state index is 0.177. The lowest BCUT2D eigenvalue weighted by Gasteiger charge is -2.18. The third-order valence-corrected chi connectivity index (χ3v) is 3.04. The van der Waals surface area contributed by atoms with Crippen molar-refractivity contribution in [3.63, 3.8) is 0 Å². The number of hydrogen-bond acceptors (Lipinski definition) is 3. The van der Waals surface area contributed by atoms with Crippen LogP contribution in [-0.2, 0) is 17.7 Å². The molecule has 0 N–H and O–H groups in total. The van der Waals surface area contributed by atoms with E-state index in [1.807, 2.05) is 0 Å². The highest BCUT2D eigenvalue weighted by molar-refractivity contribution is 6.16. The standard InChI is InChI=1S/C14H17ClN2O/c1-14(2,3)11-6-4-10(5-7-11)8-12-16-13(9-15)18-17-12/h4-7H,8-9H2,1-3H3. The first kappa shape index (κ1) is 13.1. The van der Waals surface area contributed by atoms with E-state index < -0.39 is 0 Å². The van der Waals surface area contributed by atoms with Gasteiger partial charge in [0.25, 0.3) is 0 Å². The fourth-order valence-electron chi connectivity index (χ4n) is 1.72. The largest absolute Gasteiger partial charge is 0.338 e. The van der Waals surface area contributed by atoms with Gasteiger partial charge >= 0.3 is 0 Å². The third-order valence-electron chi connectivity index (χ3n) is 2.81. The molecule has 4 heteroatoms. The van der Waals surface area contributed by atoms with Gasteiger partial charge in [-0.25, -0.2) is 0 Å². The number of rotatable bonds is 3. The first-order chi connectivity index (χ1) is 8.49. The van der Waals surface area contributed by atoms with E-state index in [-0.39, 0.29) is 11.3 Å². The van der Waals surface area contributed by atoms with Crippen molar-refractivity contribution in [1.82, 2.24) is 10.1 Å². The maximum Gasteiger partial charge on any atom is 0.241 e. The second kappa shape index (κ2) is 5.11. The summed E-state index contributed by atoms with van der Waals surface area (Å²) in [6.07, 6.45) is 0.671. The zero-order valence-electron chi connectivity index (χ0n) is 10.9. The Kier molecular flexibility index (Phi) is 3.71. The van der Waals surface area contributed by atoms with Gasteiger partial charge in [-0.05, 0) is 16.5 Å². The smallest absolute Gasteiger partial charge is 0.241 e. The van der Waals surface area contributed by atoms with Crippen molar-refractivity contribution >= 4 is 11.6 Å². The van der Waals surface area contributed by atoms with Crippen molar-refractivity contribution in [2.24, 2.45) is 0 Å². The van der Waals surface area contributed by atoms with Crippen LogP contribution in [0.15, 0.2) is 28.8 Å². The van der Waals surface area contributed by atoms with Gasteiger partial charge in [-0.15, -0.1) is 11.6 Å². The van der Waals surface area contributed by atoms with E-state index >= 15 is 0 Å². The van der Waals surface area contributed by atoms with Gasteiger partial charge in [-0.3, -0.25) is 0 Å². The Labute approximate surface area is 112 Å². The van der Waals surface area contributed by atoms with Gasteiger partial charge in [-0.2, -0.15) is 4.98 Å². The molecule has 2 rings (SSSR count). The molecule has 1 aromatic carbocycles. The van der Waals surface area contributed by atoms with E-state index in [1.165, 1.54) is 11.1 Å². The van der Waals surface area contributed by atoms with Crippen molar-refractivity contribution in [3.8, 4) is 0 Å². The zero-order valence-corrected chi connectivity index (χ0v) is 11.7. The Morgan fingerprint density at radius 3 is 2.33 bits per heavy atom. The second-order valence-electron chi connectivity index (χ2n) is 5.36. The van der Waals surface area contributed by atoms with Crippen LogP contribution in [0.2, 0.25) is 0 Å². The topological polar surface area (TPSA) is 38.9 Å². The molecule has 2 aromatic rings. The van der Waals surface area contributed by atoms with Gasteiger partial charge in [0.1, 0.15) is 5.88 Å². The molecule has 0 aliphatic carbocycles. The highest BCUT2D eigenvalue weighted by Crippen LogP contribution is 2.22.